The number of carbonyl (C=O) groups excluding carboxylic acids is 3. The van der Waals surface area contributed by atoms with E-state index in [0.717, 1.165) is 103 Å². The van der Waals surface area contributed by atoms with Crippen LogP contribution in [0, 0.1) is 0 Å². The van der Waals surface area contributed by atoms with E-state index >= 15 is 0 Å². The van der Waals surface area contributed by atoms with E-state index in [1.54, 1.807) is 0 Å². The smallest absolute Gasteiger partial charge is 0.306 e. The molecule has 6 nitrogen and oxygen atoms in total. The van der Waals surface area contributed by atoms with Gasteiger partial charge in [-0.1, -0.05) is 220 Å². The lowest BCUT2D eigenvalue weighted by atomic mass is 10.1. The molecule has 0 aliphatic carbocycles. The normalized spacial score (nSPS) is 13.0. The second-order valence-corrected chi connectivity index (χ2v) is 15.8. The van der Waals surface area contributed by atoms with Crippen molar-refractivity contribution in [2.24, 2.45) is 0 Å². The molecule has 0 aromatic heterocycles. The number of ether oxygens (including phenoxy) is 3. The Morgan fingerprint density at radius 1 is 0.361 bits per heavy atom. The Bertz CT molecular complexity index is 1290. The van der Waals surface area contributed by atoms with Gasteiger partial charge in [-0.3, -0.25) is 14.4 Å². The van der Waals surface area contributed by atoms with Gasteiger partial charge in [0.05, 0.1) is 0 Å². The Labute approximate surface area is 374 Å². The quantitative estimate of drug-likeness (QED) is 0.0200. The van der Waals surface area contributed by atoms with E-state index < -0.39 is 6.10 Å². The third-order valence-electron chi connectivity index (χ3n) is 9.93. The Morgan fingerprint density at radius 3 is 1.21 bits per heavy atom. The minimum absolute atomic E-state index is 0.0990. The van der Waals surface area contributed by atoms with Gasteiger partial charge < -0.3 is 14.2 Å². The summed E-state index contributed by atoms with van der Waals surface area (Å²) in [5.74, 6) is -0.966. The second kappa shape index (κ2) is 48.7. The zero-order chi connectivity index (χ0) is 44.4. The molecular weight excluding hydrogens is 757 g/mol. The predicted molar refractivity (Wildman–Crippen MR) is 260 cm³/mol. The molecule has 1 unspecified atom stereocenters. The highest BCUT2D eigenvalue weighted by Gasteiger charge is 2.19. The van der Waals surface area contributed by atoms with Gasteiger partial charge in [-0.25, -0.2) is 0 Å². The highest BCUT2D eigenvalue weighted by Crippen LogP contribution is 2.14. The average Bonchev–Trinajstić information content (AvgIpc) is 3.26. The predicted octanol–water partition coefficient (Wildman–Crippen LogP) is 16.0. The minimum Gasteiger partial charge on any atom is -0.462 e. The molecular formula is C55H88O6. The van der Waals surface area contributed by atoms with Crippen LogP contribution in [0.25, 0.3) is 0 Å². The van der Waals surface area contributed by atoms with E-state index in [0.29, 0.717) is 19.3 Å². The van der Waals surface area contributed by atoms with Crippen LogP contribution in [-0.2, 0) is 28.6 Å². The lowest BCUT2D eigenvalue weighted by Crippen LogP contribution is -2.30. The molecule has 0 aromatic rings. The molecule has 1 atom stereocenters. The summed E-state index contributed by atoms with van der Waals surface area (Å²) >= 11 is 0. The van der Waals surface area contributed by atoms with Crippen LogP contribution < -0.4 is 0 Å². The summed E-state index contributed by atoms with van der Waals surface area (Å²) in [7, 11) is 0. The van der Waals surface area contributed by atoms with Crippen LogP contribution in [0.4, 0.5) is 0 Å². The van der Waals surface area contributed by atoms with Gasteiger partial charge in [-0.15, -0.1) is 0 Å². The van der Waals surface area contributed by atoms with Crippen molar-refractivity contribution in [3.63, 3.8) is 0 Å². The molecule has 0 amide bonds. The van der Waals surface area contributed by atoms with Crippen molar-refractivity contribution >= 4 is 17.9 Å². The molecule has 61 heavy (non-hydrogen) atoms. The fourth-order valence-electron chi connectivity index (χ4n) is 6.31. The van der Waals surface area contributed by atoms with E-state index in [4.69, 9.17) is 14.2 Å². The van der Waals surface area contributed by atoms with Crippen LogP contribution in [0.3, 0.4) is 0 Å². The number of hydrogen-bond acceptors (Lipinski definition) is 6. The fourth-order valence-corrected chi connectivity index (χ4v) is 6.31. The monoisotopic (exact) mass is 845 g/mol. The molecule has 0 fully saturated rings. The van der Waals surface area contributed by atoms with Gasteiger partial charge in [0.25, 0.3) is 0 Å². The number of carbonyl (C=O) groups is 3. The molecule has 0 spiro atoms. The van der Waals surface area contributed by atoms with Gasteiger partial charge in [0, 0.05) is 19.3 Å². The zero-order valence-electron chi connectivity index (χ0n) is 39.1. The summed E-state index contributed by atoms with van der Waals surface area (Å²) in [6, 6.07) is 0. The highest BCUT2D eigenvalue weighted by atomic mass is 16.6. The van der Waals surface area contributed by atoms with Crippen molar-refractivity contribution in [1.29, 1.82) is 0 Å². The van der Waals surface area contributed by atoms with E-state index in [1.165, 1.54) is 57.8 Å². The lowest BCUT2D eigenvalue weighted by Gasteiger charge is -2.18. The molecule has 0 heterocycles. The molecule has 0 saturated carbocycles. The van der Waals surface area contributed by atoms with Crippen molar-refractivity contribution in [2.75, 3.05) is 13.2 Å². The Morgan fingerprint density at radius 2 is 0.721 bits per heavy atom. The average molecular weight is 845 g/mol. The van der Waals surface area contributed by atoms with E-state index in [9.17, 15) is 14.4 Å². The van der Waals surface area contributed by atoms with Crippen molar-refractivity contribution < 1.29 is 28.6 Å². The number of unbranched alkanes of at least 4 members (excludes halogenated alkanes) is 18. The maximum Gasteiger partial charge on any atom is 0.306 e. The number of allylic oxidation sites excluding steroid dienone is 18. The molecule has 0 saturated heterocycles. The first-order valence-corrected chi connectivity index (χ1v) is 24.5. The van der Waals surface area contributed by atoms with E-state index in [-0.39, 0.29) is 31.1 Å². The highest BCUT2D eigenvalue weighted by molar-refractivity contribution is 5.71. The largest absolute Gasteiger partial charge is 0.462 e. The molecule has 0 aliphatic heterocycles. The molecule has 0 aromatic carbocycles. The summed E-state index contributed by atoms with van der Waals surface area (Å²) < 4.78 is 16.7. The third kappa shape index (κ3) is 47.0. The molecule has 6 heteroatoms. The third-order valence-corrected chi connectivity index (χ3v) is 9.93. The Kier molecular flexibility index (Phi) is 45.6. The first kappa shape index (κ1) is 57.1. The first-order chi connectivity index (χ1) is 30.0. The number of hydrogen-bond donors (Lipinski definition) is 0. The molecule has 0 N–H and O–H groups in total. The van der Waals surface area contributed by atoms with Gasteiger partial charge in [0.2, 0.25) is 0 Å². The standard InChI is InChI=1S/C55H88O6/c1-4-7-10-13-16-19-22-24-26-28-30-31-33-36-39-42-45-48-54(57)60-51-52(50-59-53(56)47-44-41-38-35-21-18-15-12-9-6-3)61-55(58)49-46-43-40-37-34-32-29-27-25-23-20-17-14-11-8-5-2/h7-8,10-11,13,16-17,19-20,22,24-28,30-31,33,52H,4-6,9,12,14-15,18,21,23,29,32,34-51H2,1-3H3/b10-7-,11-8-,16-13-,20-17-,22-19-,26-24-,27-25-,30-28+,33-31-. The van der Waals surface area contributed by atoms with Crippen molar-refractivity contribution in [3.8, 4) is 0 Å². The van der Waals surface area contributed by atoms with Crippen LogP contribution in [-0.4, -0.2) is 37.2 Å². The molecule has 344 valence electrons. The zero-order valence-corrected chi connectivity index (χ0v) is 39.1. The van der Waals surface area contributed by atoms with Crippen molar-refractivity contribution in [3.05, 3.63) is 109 Å². The first-order valence-electron chi connectivity index (χ1n) is 24.5. The van der Waals surface area contributed by atoms with Crippen LogP contribution in [0.15, 0.2) is 109 Å². The topological polar surface area (TPSA) is 78.9 Å². The van der Waals surface area contributed by atoms with Gasteiger partial charge in [-0.2, -0.15) is 0 Å². The molecule has 0 bridgehead atoms. The fraction of sp³-hybridized carbons (Fsp3) is 0.618. The summed E-state index contributed by atoms with van der Waals surface area (Å²) in [6.45, 7) is 6.30. The lowest BCUT2D eigenvalue weighted by molar-refractivity contribution is -0.167. The van der Waals surface area contributed by atoms with Crippen molar-refractivity contribution in [1.82, 2.24) is 0 Å². The molecule has 0 rings (SSSR count). The maximum atomic E-state index is 12.8. The van der Waals surface area contributed by atoms with Crippen LogP contribution in [0.2, 0.25) is 0 Å². The number of rotatable bonds is 42. The van der Waals surface area contributed by atoms with E-state index in [2.05, 4.69) is 69.4 Å². The van der Waals surface area contributed by atoms with Crippen LogP contribution in [0.5, 0.6) is 0 Å². The minimum atomic E-state index is -0.802. The SMILES string of the molecule is CC\C=C/C=C\C=C/C=C\C=C\C=C/CCCCCC(=O)OCC(COC(=O)CCCCCCCCCCCC)OC(=O)CCCCCCCC/C=C\C/C=C\C/C=C\CC. The van der Waals surface area contributed by atoms with Gasteiger partial charge in [0.1, 0.15) is 13.2 Å². The summed E-state index contributed by atoms with van der Waals surface area (Å²) in [5, 5.41) is 0. The summed E-state index contributed by atoms with van der Waals surface area (Å²) in [5.41, 5.74) is 0. The Balaban J connectivity index is 4.50. The van der Waals surface area contributed by atoms with E-state index in [1.807, 2.05) is 60.8 Å². The Hall–Kier alpha value is -3.93. The van der Waals surface area contributed by atoms with Gasteiger partial charge in [-0.05, 0) is 70.6 Å². The van der Waals surface area contributed by atoms with Crippen molar-refractivity contribution in [2.45, 2.75) is 207 Å². The summed E-state index contributed by atoms with van der Waals surface area (Å²) in [4.78, 5) is 37.9. The van der Waals surface area contributed by atoms with Gasteiger partial charge >= 0.3 is 17.9 Å². The summed E-state index contributed by atoms with van der Waals surface area (Å²) in [6.07, 6.45) is 64.9. The van der Waals surface area contributed by atoms with Gasteiger partial charge in [0.15, 0.2) is 6.10 Å². The molecule has 0 aliphatic rings. The maximum absolute atomic E-state index is 12.8. The number of esters is 3. The van der Waals surface area contributed by atoms with Crippen LogP contribution >= 0.6 is 0 Å². The van der Waals surface area contributed by atoms with Crippen LogP contribution in [0.1, 0.15) is 201 Å². The second-order valence-electron chi connectivity index (χ2n) is 15.8. The molecule has 0 radical (unpaired) electrons.